The van der Waals surface area contributed by atoms with Gasteiger partial charge < -0.3 is 0 Å². The predicted octanol–water partition coefficient (Wildman–Crippen LogP) is 2.69. The molecule has 0 bridgehead atoms. The van der Waals surface area contributed by atoms with Crippen molar-refractivity contribution < 1.29 is 4.92 Å². The van der Waals surface area contributed by atoms with Gasteiger partial charge in [-0.05, 0) is 36.8 Å². The number of nitro groups is 1. The third kappa shape index (κ3) is 2.48. The molecule has 0 fully saturated rings. The molecule has 2 aromatic heterocycles. The first-order valence-electron chi connectivity index (χ1n) is 7.75. The monoisotopic (exact) mass is 342 g/mol. The second-order valence-corrected chi connectivity index (χ2v) is 6.95. The maximum atomic E-state index is 12.8. The van der Waals surface area contributed by atoms with Crippen molar-refractivity contribution in [1.29, 1.82) is 0 Å². The molecule has 4 rings (SSSR count). The zero-order valence-corrected chi connectivity index (χ0v) is 13.6. The molecule has 0 N–H and O–H groups in total. The van der Waals surface area contributed by atoms with Gasteiger partial charge in [-0.25, -0.2) is 4.68 Å². The SMILES string of the molecule is O=c1c2c3c(sc2nnn1Cc1ccc([N+](=O)[O-])cc1)CCCC3. The molecule has 1 aliphatic rings. The number of benzene rings is 1. The Kier molecular flexibility index (Phi) is 3.61. The van der Waals surface area contributed by atoms with Crippen LogP contribution in [0.4, 0.5) is 5.69 Å². The summed E-state index contributed by atoms with van der Waals surface area (Å²) in [6.45, 7) is 0.254. The smallest absolute Gasteiger partial charge is 0.267 e. The van der Waals surface area contributed by atoms with E-state index >= 15 is 0 Å². The van der Waals surface area contributed by atoms with Gasteiger partial charge in [0.2, 0.25) is 0 Å². The van der Waals surface area contributed by atoms with Gasteiger partial charge in [0.05, 0.1) is 16.9 Å². The van der Waals surface area contributed by atoms with Gasteiger partial charge in [0.25, 0.3) is 11.2 Å². The van der Waals surface area contributed by atoms with Crippen molar-refractivity contribution in [3.05, 3.63) is 60.7 Å². The summed E-state index contributed by atoms with van der Waals surface area (Å²) < 4.78 is 1.34. The molecule has 2 heterocycles. The summed E-state index contributed by atoms with van der Waals surface area (Å²) in [7, 11) is 0. The van der Waals surface area contributed by atoms with Crippen LogP contribution in [-0.2, 0) is 19.4 Å². The molecule has 0 radical (unpaired) electrons. The van der Waals surface area contributed by atoms with Crippen molar-refractivity contribution in [2.24, 2.45) is 0 Å². The number of hydrogen-bond acceptors (Lipinski definition) is 6. The summed E-state index contributed by atoms with van der Waals surface area (Å²) >= 11 is 1.57. The maximum absolute atomic E-state index is 12.8. The number of aromatic nitrogens is 3. The van der Waals surface area contributed by atoms with Gasteiger partial charge in [0.1, 0.15) is 0 Å². The summed E-state index contributed by atoms with van der Waals surface area (Å²) in [5.74, 6) is 0. The standard InChI is InChI=1S/C16H14N4O3S/c21-16-14-12-3-1-2-4-13(12)24-15(14)17-18-19(16)9-10-5-7-11(8-6-10)20(22)23/h5-8H,1-4,9H2. The van der Waals surface area contributed by atoms with Crippen LogP contribution in [0.5, 0.6) is 0 Å². The molecular formula is C16H14N4O3S. The van der Waals surface area contributed by atoms with E-state index in [4.69, 9.17) is 0 Å². The van der Waals surface area contributed by atoms with Crippen LogP contribution in [0, 0.1) is 10.1 Å². The summed E-state index contributed by atoms with van der Waals surface area (Å²) in [4.78, 5) is 25.0. The Morgan fingerprint density at radius 1 is 1.21 bits per heavy atom. The molecule has 0 aliphatic heterocycles. The summed E-state index contributed by atoms with van der Waals surface area (Å²) in [6.07, 6.45) is 4.19. The largest absolute Gasteiger partial charge is 0.279 e. The van der Waals surface area contributed by atoms with E-state index in [0.29, 0.717) is 10.2 Å². The van der Waals surface area contributed by atoms with E-state index in [-0.39, 0.29) is 17.8 Å². The van der Waals surface area contributed by atoms with Crippen molar-refractivity contribution >= 4 is 27.2 Å². The van der Waals surface area contributed by atoms with E-state index in [1.807, 2.05) is 0 Å². The van der Waals surface area contributed by atoms with Crippen LogP contribution in [-0.4, -0.2) is 19.9 Å². The fourth-order valence-electron chi connectivity index (χ4n) is 3.11. The minimum absolute atomic E-state index is 0.0273. The Labute approximate surface area is 140 Å². The van der Waals surface area contributed by atoms with E-state index in [2.05, 4.69) is 10.3 Å². The molecule has 3 aromatic rings. The average molecular weight is 342 g/mol. The van der Waals surface area contributed by atoms with E-state index < -0.39 is 4.92 Å². The summed E-state index contributed by atoms with van der Waals surface area (Å²) in [6, 6.07) is 6.14. The van der Waals surface area contributed by atoms with Gasteiger partial charge in [0, 0.05) is 17.0 Å². The molecular weight excluding hydrogens is 328 g/mol. The molecule has 0 atom stereocenters. The van der Waals surface area contributed by atoms with Gasteiger partial charge >= 0.3 is 0 Å². The Morgan fingerprint density at radius 3 is 2.71 bits per heavy atom. The molecule has 0 spiro atoms. The van der Waals surface area contributed by atoms with Gasteiger partial charge in [-0.1, -0.05) is 17.3 Å². The number of non-ortho nitro benzene ring substituents is 1. The lowest BCUT2D eigenvalue weighted by Crippen LogP contribution is -2.25. The Hall–Kier alpha value is -2.61. The molecule has 24 heavy (non-hydrogen) atoms. The Morgan fingerprint density at radius 2 is 1.96 bits per heavy atom. The topological polar surface area (TPSA) is 90.9 Å². The molecule has 122 valence electrons. The highest BCUT2D eigenvalue weighted by Gasteiger charge is 2.20. The molecule has 0 saturated heterocycles. The van der Waals surface area contributed by atoms with E-state index in [9.17, 15) is 14.9 Å². The van der Waals surface area contributed by atoms with Gasteiger partial charge in [-0.15, -0.1) is 16.4 Å². The number of aryl methyl sites for hydroxylation is 2. The molecule has 7 nitrogen and oxygen atoms in total. The minimum atomic E-state index is -0.445. The Bertz CT molecular complexity index is 991. The predicted molar refractivity (Wildman–Crippen MR) is 90.5 cm³/mol. The van der Waals surface area contributed by atoms with Crippen molar-refractivity contribution in [3.8, 4) is 0 Å². The lowest BCUT2D eigenvalue weighted by atomic mass is 9.97. The van der Waals surface area contributed by atoms with Gasteiger partial charge in [-0.2, -0.15) is 0 Å². The molecule has 0 amide bonds. The minimum Gasteiger partial charge on any atom is -0.267 e. The van der Waals surface area contributed by atoms with Crippen molar-refractivity contribution in [1.82, 2.24) is 15.0 Å². The number of rotatable bonds is 3. The molecule has 0 unspecified atom stereocenters. The van der Waals surface area contributed by atoms with E-state index in [1.54, 1.807) is 23.5 Å². The van der Waals surface area contributed by atoms with Crippen LogP contribution in [0.1, 0.15) is 28.8 Å². The summed E-state index contributed by atoms with van der Waals surface area (Å²) in [5.41, 5.74) is 1.82. The fourth-order valence-corrected chi connectivity index (χ4v) is 4.30. The third-order valence-electron chi connectivity index (χ3n) is 4.32. The number of nitrogens with zero attached hydrogens (tertiary/aromatic N) is 4. The van der Waals surface area contributed by atoms with Crippen LogP contribution in [0.15, 0.2) is 29.1 Å². The second kappa shape index (κ2) is 5.79. The van der Waals surface area contributed by atoms with Crippen LogP contribution in [0.2, 0.25) is 0 Å². The van der Waals surface area contributed by atoms with Crippen LogP contribution < -0.4 is 5.56 Å². The lowest BCUT2D eigenvalue weighted by molar-refractivity contribution is -0.384. The van der Waals surface area contributed by atoms with Crippen molar-refractivity contribution in [3.63, 3.8) is 0 Å². The quantitative estimate of drug-likeness (QED) is 0.539. The highest BCUT2D eigenvalue weighted by molar-refractivity contribution is 7.18. The number of thiophene rings is 1. The lowest BCUT2D eigenvalue weighted by Gasteiger charge is -2.10. The Balaban J connectivity index is 1.73. The van der Waals surface area contributed by atoms with Gasteiger partial charge in [-0.3, -0.25) is 14.9 Å². The van der Waals surface area contributed by atoms with Crippen LogP contribution in [0.25, 0.3) is 10.2 Å². The highest BCUT2D eigenvalue weighted by Crippen LogP contribution is 2.33. The summed E-state index contributed by atoms with van der Waals surface area (Å²) in [5, 5.41) is 19.7. The van der Waals surface area contributed by atoms with Gasteiger partial charge in [0.15, 0.2) is 4.83 Å². The maximum Gasteiger partial charge on any atom is 0.279 e. The fraction of sp³-hybridized carbons (Fsp3) is 0.312. The average Bonchev–Trinajstić information content (AvgIpc) is 2.97. The van der Waals surface area contributed by atoms with Crippen LogP contribution in [0.3, 0.4) is 0 Å². The molecule has 1 aromatic carbocycles. The molecule has 0 saturated carbocycles. The molecule has 8 heteroatoms. The van der Waals surface area contributed by atoms with E-state index in [1.165, 1.54) is 21.7 Å². The number of fused-ring (bicyclic) bond motifs is 3. The first-order valence-corrected chi connectivity index (χ1v) is 8.56. The normalized spacial score (nSPS) is 13.8. The van der Waals surface area contributed by atoms with Crippen molar-refractivity contribution in [2.75, 3.05) is 0 Å². The first-order chi connectivity index (χ1) is 11.6. The van der Waals surface area contributed by atoms with Crippen LogP contribution >= 0.6 is 11.3 Å². The second-order valence-electron chi connectivity index (χ2n) is 5.87. The highest BCUT2D eigenvalue weighted by atomic mass is 32.1. The van der Waals surface area contributed by atoms with Crippen molar-refractivity contribution in [2.45, 2.75) is 32.2 Å². The molecule has 1 aliphatic carbocycles. The zero-order chi connectivity index (χ0) is 16.7. The third-order valence-corrected chi connectivity index (χ3v) is 5.50. The zero-order valence-electron chi connectivity index (χ0n) is 12.8. The number of hydrogen-bond donors (Lipinski definition) is 0. The van der Waals surface area contributed by atoms with E-state index in [0.717, 1.165) is 36.8 Å². The number of nitro benzene ring substituents is 1. The first kappa shape index (κ1) is 14.9.